The van der Waals surface area contributed by atoms with E-state index >= 15 is 0 Å². The summed E-state index contributed by atoms with van der Waals surface area (Å²) in [6, 6.07) is 14.0. The van der Waals surface area contributed by atoms with Crippen molar-refractivity contribution in [3.8, 4) is 22.9 Å². The fourth-order valence-corrected chi connectivity index (χ4v) is 3.42. The lowest BCUT2D eigenvalue weighted by Crippen LogP contribution is -2.05. The highest BCUT2D eigenvalue weighted by Crippen LogP contribution is 2.30. The Kier molecular flexibility index (Phi) is 6.04. The predicted octanol–water partition coefficient (Wildman–Crippen LogP) is 5.57. The number of halogens is 3. The molecule has 0 aliphatic rings. The summed E-state index contributed by atoms with van der Waals surface area (Å²) in [6.45, 7) is 0. The molecule has 0 amide bonds. The molecule has 0 saturated heterocycles. The zero-order valence-corrected chi connectivity index (χ0v) is 17.7. The van der Waals surface area contributed by atoms with Crippen LogP contribution in [0.2, 0.25) is 0 Å². The van der Waals surface area contributed by atoms with E-state index in [-0.39, 0.29) is 6.42 Å². The molecule has 2 aromatic heterocycles. The van der Waals surface area contributed by atoms with E-state index in [0.717, 1.165) is 23.4 Å². The van der Waals surface area contributed by atoms with Crippen LogP contribution in [0.4, 0.5) is 19.0 Å². The number of benzene rings is 2. The maximum Gasteiger partial charge on any atom is 0.416 e. The second-order valence-corrected chi connectivity index (χ2v) is 7.64. The van der Waals surface area contributed by atoms with Crippen LogP contribution in [0.3, 0.4) is 0 Å². The van der Waals surface area contributed by atoms with Crippen molar-refractivity contribution in [2.45, 2.75) is 17.8 Å². The number of H-pyrrole nitrogens is 1. The molecular weight excluding hydrogens is 439 g/mol. The number of aromatic nitrogens is 4. The van der Waals surface area contributed by atoms with Gasteiger partial charge in [0.25, 0.3) is 0 Å². The zero-order chi connectivity index (χ0) is 22.7. The van der Waals surface area contributed by atoms with Gasteiger partial charge >= 0.3 is 6.18 Å². The summed E-state index contributed by atoms with van der Waals surface area (Å²) in [5.74, 6) is 1.81. The minimum atomic E-state index is -4.37. The summed E-state index contributed by atoms with van der Waals surface area (Å²) in [6.07, 6.45) is -0.617. The molecule has 4 aromatic rings. The smallest absolute Gasteiger partial charge is 0.416 e. The van der Waals surface area contributed by atoms with Crippen LogP contribution < -0.4 is 10.5 Å². The van der Waals surface area contributed by atoms with Crippen LogP contribution in [0.5, 0.6) is 11.6 Å². The van der Waals surface area contributed by atoms with Gasteiger partial charge in [-0.05, 0) is 47.7 Å². The monoisotopic (exact) mass is 457 g/mol. The Balaban J connectivity index is 1.46. The molecular formula is C22H18F3N5OS. The molecule has 0 aliphatic carbocycles. The zero-order valence-electron chi connectivity index (χ0n) is 16.8. The molecule has 32 heavy (non-hydrogen) atoms. The molecule has 2 heterocycles. The molecule has 10 heteroatoms. The van der Waals surface area contributed by atoms with E-state index in [1.165, 1.54) is 17.8 Å². The summed E-state index contributed by atoms with van der Waals surface area (Å²) in [5.41, 5.74) is 7.22. The highest BCUT2D eigenvalue weighted by atomic mass is 32.2. The Morgan fingerprint density at radius 2 is 1.84 bits per heavy atom. The standard InChI is InChI=1S/C22H18F3N5OS/c1-32-21-29-18(26)11-20(30-21)31-16-7-5-14(6-8-16)17-12-27-19(28-17)10-13-3-2-4-15(9-13)22(23,24)25/h2-9,11-12H,10H2,1H3,(H,27,28)(H2,26,29,30). The highest BCUT2D eigenvalue weighted by Gasteiger charge is 2.30. The average molecular weight is 457 g/mol. The SMILES string of the molecule is CSc1nc(N)cc(Oc2ccc(-c3cnc(Cc4cccc(C(F)(F)F)c4)[nH]3)cc2)n1. The molecule has 3 N–H and O–H groups in total. The molecule has 0 aliphatic heterocycles. The van der Waals surface area contributed by atoms with Crippen molar-refractivity contribution in [1.29, 1.82) is 0 Å². The van der Waals surface area contributed by atoms with Crippen LogP contribution in [0.25, 0.3) is 11.3 Å². The van der Waals surface area contributed by atoms with Crippen molar-refractivity contribution in [3.05, 3.63) is 77.7 Å². The number of nitrogens with two attached hydrogens (primary N) is 1. The van der Waals surface area contributed by atoms with E-state index in [1.54, 1.807) is 30.5 Å². The first-order valence-electron chi connectivity index (χ1n) is 9.47. The summed E-state index contributed by atoms with van der Waals surface area (Å²) < 4.78 is 44.5. The first-order chi connectivity index (χ1) is 15.3. The predicted molar refractivity (Wildman–Crippen MR) is 117 cm³/mol. The number of nitrogens with zero attached hydrogens (tertiary/aromatic N) is 3. The largest absolute Gasteiger partial charge is 0.439 e. The van der Waals surface area contributed by atoms with Gasteiger partial charge in [-0.25, -0.2) is 9.97 Å². The molecule has 0 unspecified atom stereocenters. The molecule has 0 saturated carbocycles. The number of nitrogens with one attached hydrogen (secondary N) is 1. The molecule has 2 aromatic carbocycles. The number of hydrogen-bond acceptors (Lipinski definition) is 6. The van der Waals surface area contributed by atoms with E-state index in [4.69, 9.17) is 10.5 Å². The van der Waals surface area contributed by atoms with Gasteiger partial charge in [-0.2, -0.15) is 18.2 Å². The highest BCUT2D eigenvalue weighted by molar-refractivity contribution is 7.98. The molecule has 164 valence electrons. The van der Waals surface area contributed by atoms with Gasteiger partial charge in [0.15, 0.2) is 5.16 Å². The van der Waals surface area contributed by atoms with Gasteiger partial charge in [-0.3, -0.25) is 0 Å². The van der Waals surface area contributed by atoms with Gasteiger partial charge in [0.2, 0.25) is 5.88 Å². The maximum atomic E-state index is 12.9. The number of aromatic amines is 1. The third kappa shape index (κ3) is 5.20. The summed E-state index contributed by atoms with van der Waals surface area (Å²) in [4.78, 5) is 15.8. The molecule has 4 rings (SSSR count). The summed E-state index contributed by atoms with van der Waals surface area (Å²) >= 11 is 1.36. The average Bonchev–Trinajstić information content (AvgIpc) is 3.22. The Labute approximate surface area is 186 Å². The second-order valence-electron chi connectivity index (χ2n) is 6.86. The van der Waals surface area contributed by atoms with Gasteiger partial charge < -0.3 is 15.5 Å². The molecule has 0 spiro atoms. The molecule has 0 fully saturated rings. The van der Waals surface area contributed by atoms with Crippen molar-refractivity contribution in [1.82, 2.24) is 19.9 Å². The van der Waals surface area contributed by atoms with Gasteiger partial charge in [0, 0.05) is 12.5 Å². The van der Waals surface area contributed by atoms with E-state index < -0.39 is 11.7 Å². The van der Waals surface area contributed by atoms with Crippen LogP contribution in [0.1, 0.15) is 17.0 Å². The summed E-state index contributed by atoms with van der Waals surface area (Å²) in [5, 5.41) is 0.516. The third-order valence-corrected chi connectivity index (χ3v) is 5.07. The Hall–Kier alpha value is -3.53. The van der Waals surface area contributed by atoms with Gasteiger partial charge in [0.05, 0.1) is 17.5 Å². The molecule has 0 atom stereocenters. The van der Waals surface area contributed by atoms with Crippen molar-refractivity contribution < 1.29 is 17.9 Å². The lowest BCUT2D eigenvalue weighted by molar-refractivity contribution is -0.137. The van der Waals surface area contributed by atoms with Crippen LogP contribution in [0.15, 0.2) is 66.0 Å². The van der Waals surface area contributed by atoms with E-state index in [2.05, 4.69) is 19.9 Å². The molecule has 0 radical (unpaired) electrons. The van der Waals surface area contributed by atoms with E-state index in [1.807, 2.05) is 18.4 Å². The fraction of sp³-hybridized carbons (Fsp3) is 0.136. The number of hydrogen-bond donors (Lipinski definition) is 2. The van der Waals surface area contributed by atoms with Crippen molar-refractivity contribution in [3.63, 3.8) is 0 Å². The van der Waals surface area contributed by atoms with Gasteiger partial charge in [-0.1, -0.05) is 30.0 Å². The fourth-order valence-electron chi connectivity index (χ4n) is 3.04. The Morgan fingerprint density at radius 3 is 2.56 bits per heavy atom. The van der Waals surface area contributed by atoms with E-state index in [0.29, 0.717) is 34.0 Å². The molecule has 0 bridgehead atoms. The number of nitrogen functional groups attached to an aromatic ring is 1. The number of ether oxygens (including phenoxy) is 1. The lowest BCUT2D eigenvalue weighted by atomic mass is 10.1. The number of imidazole rings is 1. The topological polar surface area (TPSA) is 89.7 Å². The van der Waals surface area contributed by atoms with Crippen LogP contribution in [0, 0.1) is 0 Å². The van der Waals surface area contributed by atoms with Crippen LogP contribution >= 0.6 is 11.8 Å². The van der Waals surface area contributed by atoms with Crippen molar-refractivity contribution in [2.24, 2.45) is 0 Å². The number of rotatable bonds is 6. The first-order valence-corrected chi connectivity index (χ1v) is 10.7. The Morgan fingerprint density at radius 1 is 1.06 bits per heavy atom. The minimum Gasteiger partial charge on any atom is -0.439 e. The number of anilines is 1. The van der Waals surface area contributed by atoms with Gasteiger partial charge in [0.1, 0.15) is 17.4 Å². The van der Waals surface area contributed by atoms with Crippen molar-refractivity contribution in [2.75, 3.05) is 12.0 Å². The lowest BCUT2D eigenvalue weighted by Gasteiger charge is -2.08. The number of thioether (sulfide) groups is 1. The quantitative estimate of drug-likeness (QED) is 0.291. The molecule has 6 nitrogen and oxygen atoms in total. The normalized spacial score (nSPS) is 11.5. The summed E-state index contributed by atoms with van der Waals surface area (Å²) in [7, 11) is 0. The van der Waals surface area contributed by atoms with Crippen LogP contribution in [-0.4, -0.2) is 26.2 Å². The third-order valence-electron chi connectivity index (χ3n) is 4.53. The van der Waals surface area contributed by atoms with E-state index in [9.17, 15) is 13.2 Å². The van der Waals surface area contributed by atoms with Crippen LogP contribution in [-0.2, 0) is 12.6 Å². The Bertz CT molecular complexity index is 1220. The van der Waals surface area contributed by atoms with Gasteiger partial charge in [-0.15, -0.1) is 0 Å². The maximum absolute atomic E-state index is 12.9. The van der Waals surface area contributed by atoms with Crippen molar-refractivity contribution >= 4 is 17.6 Å². The second kappa shape index (κ2) is 8.91. The first kappa shape index (κ1) is 21.7. The minimum absolute atomic E-state index is 0.262. The number of alkyl halides is 3.